The predicted molar refractivity (Wildman–Crippen MR) is 122 cm³/mol. The van der Waals surface area contributed by atoms with Crippen molar-refractivity contribution in [2.24, 2.45) is 5.41 Å². The number of amides is 2. The zero-order valence-corrected chi connectivity index (χ0v) is 19.2. The number of hydrogen-bond donors (Lipinski definition) is 2. The molecule has 0 heterocycles. The van der Waals surface area contributed by atoms with Gasteiger partial charge in [0.2, 0.25) is 5.91 Å². The third-order valence-corrected chi connectivity index (χ3v) is 5.04. The van der Waals surface area contributed by atoms with Gasteiger partial charge in [-0.2, -0.15) is 0 Å². The number of ether oxygens (including phenoxy) is 2. The minimum Gasteiger partial charge on any atom is -0.493 e. The van der Waals surface area contributed by atoms with E-state index in [2.05, 4.69) is 16.9 Å². The molecule has 2 amide bonds. The Morgan fingerprint density at radius 1 is 0.935 bits per heavy atom. The first-order valence-corrected chi connectivity index (χ1v) is 10.8. The lowest BCUT2D eigenvalue weighted by molar-refractivity contribution is -0.130. The van der Waals surface area contributed by atoms with Gasteiger partial charge in [-0.05, 0) is 62.4 Å². The van der Waals surface area contributed by atoms with Crippen LogP contribution >= 0.6 is 0 Å². The summed E-state index contributed by atoms with van der Waals surface area (Å²) in [6, 6.07) is 13.1. The maximum absolute atomic E-state index is 12.6. The van der Waals surface area contributed by atoms with E-state index in [1.54, 1.807) is 18.2 Å². The molecule has 0 aliphatic rings. The summed E-state index contributed by atoms with van der Waals surface area (Å²) >= 11 is 0. The van der Waals surface area contributed by atoms with Crippen molar-refractivity contribution in [3.05, 3.63) is 59.2 Å². The molecule has 31 heavy (non-hydrogen) atoms. The molecule has 0 aromatic heterocycles. The van der Waals surface area contributed by atoms with Crippen LogP contribution in [0.1, 0.15) is 61.5 Å². The van der Waals surface area contributed by atoms with Crippen LogP contribution in [-0.4, -0.2) is 25.0 Å². The molecular formula is C25H34N2O4. The van der Waals surface area contributed by atoms with Gasteiger partial charge in [0.05, 0.1) is 18.8 Å². The fourth-order valence-electron chi connectivity index (χ4n) is 3.01. The molecule has 2 N–H and O–H groups in total. The lowest BCUT2D eigenvalue weighted by Crippen LogP contribution is -2.47. The monoisotopic (exact) mass is 426 g/mol. The molecule has 0 spiro atoms. The molecule has 0 aliphatic carbocycles. The fraction of sp³-hybridized carbons (Fsp3) is 0.440. The Bertz CT molecular complexity index is 893. The molecule has 0 bridgehead atoms. The van der Waals surface area contributed by atoms with E-state index in [9.17, 15) is 9.59 Å². The molecule has 0 unspecified atom stereocenters. The average Bonchev–Trinajstić information content (AvgIpc) is 2.75. The number of para-hydroxylation sites is 1. The summed E-state index contributed by atoms with van der Waals surface area (Å²) < 4.78 is 11.5. The van der Waals surface area contributed by atoms with Gasteiger partial charge in [0.1, 0.15) is 11.5 Å². The summed E-state index contributed by atoms with van der Waals surface area (Å²) in [6.45, 7) is 10.8. The van der Waals surface area contributed by atoms with E-state index in [1.165, 1.54) is 0 Å². The molecule has 0 aliphatic heterocycles. The second-order valence-electron chi connectivity index (χ2n) is 8.36. The van der Waals surface area contributed by atoms with Crippen molar-refractivity contribution in [3.63, 3.8) is 0 Å². The lowest BCUT2D eigenvalue weighted by Gasteiger charge is -2.24. The first-order chi connectivity index (χ1) is 14.7. The topological polar surface area (TPSA) is 76.7 Å². The fourth-order valence-corrected chi connectivity index (χ4v) is 3.01. The Kier molecular flexibility index (Phi) is 8.91. The van der Waals surface area contributed by atoms with Crippen molar-refractivity contribution in [1.82, 2.24) is 10.9 Å². The third-order valence-electron chi connectivity index (χ3n) is 5.04. The van der Waals surface area contributed by atoms with Gasteiger partial charge in [0, 0.05) is 5.41 Å². The van der Waals surface area contributed by atoms with Crippen LogP contribution in [0.4, 0.5) is 0 Å². The largest absolute Gasteiger partial charge is 0.493 e. The standard InChI is InChI=1S/C25H34N2O4/c1-6-15-30-21-11-8-7-10-20(21)23(28)26-27-24(29)25(4,5)14-9-16-31-22-17-18(2)12-13-19(22)3/h7-8,10-13,17H,6,9,14-16H2,1-5H3,(H,26,28)(H,27,29). The minimum absolute atomic E-state index is 0.250. The molecule has 0 saturated heterocycles. The van der Waals surface area contributed by atoms with E-state index in [1.807, 2.05) is 52.8 Å². The highest BCUT2D eigenvalue weighted by atomic mass is 16.5. The molecule has 6 nitrogen and oxygen atoms in total. The summed E-state index contributed by atoms with van der Waals surface area (Å²) in [5.41, 5.74) is 7.02. The number of nitrogens with one attached hydrogen (secondary N) is 2. The van der Waals surface area contributed by atoms with Crippen LogP contribution in [0.25, 0.3) is 0 Å². The van der Waals surface area contributed by atoms with Crippen LogP contribution in [0.15, 0.2) is 42.5 Å². The highest BCUT2D eigenvalue weighted by Crippen LogP contribution is 2.24. The number of carbonyl (C=O) groups excluding carboxylic acids is 2. The first kappa shape index (κ1) is 24.3. The van der Waals surface area contributed by atoms with E-state index >= 15 is 0 Å². The summed E-state index contributed by atoms with van der Waals surface area (Å²) in [4.78, 5) is 25.1. The molecule has 6 heteroatoms. The Morgan fingerprint density at radius 2 is 1.65 bits per heavy atom. The van der Waals surface area contributed by atoms with Gasteiger partial charge in [0.15, 0.2) is 0 Å². The number of benzene rings is 2. The molecule has 2 aromatic carbocycles. The van der Waals surface area contributed by atoms with E-state index in [0.717, 1.165) is 29.7 Å². The van der Waals surface area contributed by atoms with Crippen molar-refractivity contribution >= 4 is 11.8 Å². The number of hydrazine groups is 1. The highest BCUT2D eigenvalue weighted by Gasteiger charge is 2.28. The second kappa shape index (κ2) is 11.4. The highest BCUT2D eigenvalue weighted by molar-refractivity contribution is 5.98. The van der Waals surface area contributed by atoms with Crippen molar-refractivity contribution in [3.8, 4) is 11.5 Å². The predicted octanol–water partition coefficient (Wildman–Crippen LogP) is 4.74. The van der Waals surface area contributed by atoms with Crippen molar-refractivity contribution in [1.29, 1.82) is 0 Å². The molecule has 0 fully saturated rings. The molecule has 2 rings (SSSR count). The van der Waals surface area contributed by atoms with Gasteiger partial charge in [-0.3, -0.25) is 20.4 Å². The van der Waals surface area contributed by atoms with E-state index in [4.69, 9.17) is 9.47 Å². The van der Waals surface area contributed by atoms with Crippen molar-refractivity contribution < 1.29 is 19.1 Å². The Morgan fingerprint density at radius 3 is 2.39 bits per heavy atom. The van der Waals surface area contributed by atoms with Crippen LogP contribution < -0.4 is 20.3 Å². The van der Waals surface area contributed by atoms with Crippen molar-refractivity contribution in [2.45, 2.75) is 53.9 Å². The normalized spacial score (nSPS) is 11.0. The SMILES string of the molecule is CCCOc1ccccc1C(=O)NNC(=O)C(C)(C)CCCOc1cc(C)ccc1C. The Hall–Kier alpha value is -3.02. The van der Waals surface area contributed by atoms with E-state index in [-0.39, 0.29) is 5.91 Å². The molecule has 0 radical (unpaired) electrons. The number of carbonyl (C=O) groups is 2. The van der Waals surface area contributed by atoms with Gasteiger partial charge in [-0.15, -0.1) is 0 Å². The van der Waals surface area contributed by atoms with Gasteiger partial charge < -0.3 is 9.47 Å². The van der Waals surface area contributed by atoms with Gasteiger partial charge in [-0.1, -0.05) is 45.0 Å². The van der Waals surface area contributed by atoms with Gasteiger partial charge in [-0.25, -0.2) is 0 Å². The second-order valence-corrected chi connectivity index (χ2v) is 8.36. The third kappa shape index (κ3) is 7.31. The molecule has 2 aromatic rings. The number of aryl methyl sites for hydroxylation is 2. The zero-order chi connectivity index (χ0) is 22.9. The molecule has 168 valence electrons. The zero-order valence-electron chi connectivity index (χ0n) is 19.2. The van der Waals surface area contributed by atoms with Crippen LogP contribution in [0.2, 0.25) is 0 Å². The van der Waals surface area contributed by atoms with Crippen LogP contribution in [-0.2, 0) is 4.79 Å². The minimum atomic E-state index is -0.656. The van der Waals surface area contributed by atoms with E-state index in [0.29, 0.717) is 30.9 Å². The quantitative estimate of drug-likeness (QED) is 0.425. The maximum Gasteiger partial charge on any atom is 0.273 e. The van der Waals surface area contributed by atoms with Gasteiger partial charge >= 0.3 is 0 Å². The van der Waals surface area contributed by atoms with Crippen LogP contribution in [0.3, 0.4) is 0 Å². The Balaban J connectivity index is 1.82. The molecule has 0 saturated carbocycles. The summed E-state index contributed by atoms with van der Waals surface area (Å²) in [5, 5.41) is 0. The lowest BCUT2D eigenvalue weighted by atomic mass is 9.87. The van der Waals surface area contributed by atoms with Crippen LogP contribution in [0.5, 0.6) is 11.5 Å². The molecular weight excluding hydrogens is 392 g/mol. The Labute approximate surface area is 185 Å². The van der Waals surface area contributed by atoms with Crippen molar-refractivity contribution in [2.75, 3.05) is 13.2 Å². The first-order valence-electron chi connectivity index (χ1n) is 10.8. The smallest absolute Gasteiger partial charge is 0.273 e. The van der Waals surface area contributed by atoms with E-state index < -0.39 is 11.3 Å². The van der Waals surface area contributed by atoms with Gasteiger partial charge in [0.25, 0.3) is 5.91 Å². The average molecular weight is 427 g/mol. The summed E-state index contributed by atoms with van der Waals surface area (Å²) in [7, 11) is 0. The molecule has 0 atom stereocenters. The van der Waals surface area contributed by atoms with Crippen LogP contribution in [0, 0.1) is 19.3 Å². The number of hydrogen-bond acceptors (Lipinski definition) is 4. The summed E-state index contributed by atoms with van der Waals surface area (Å²) in [5.74, 6) is 0.714. The number of rotatable bonds is 10. The maximum atomic E-state index is 12.6. The summed E-state index contributed by atoms with van der Waals surface area (Å²) in [6.07, 6.45) is 2.18.